The maximum Gasteiger partial charge on any atom is 0.175 e. The van der Waals surface area contributed by atoms with Crippen LogP contribution in [0.1, 0.15) is 30.4 Å². The number of aryl methyl sites for hydroxylation is 1. The first-order chi connectivity index (χ1) is 8.06. The molecule has 0 saturated heterocycles. The minimum atomic E-state index is 0.397. The van der Waals surface area contributed by atoms with Gasteiger partial charge in [-0.2, -0.15) is 0 Å². The van der Waals surface area contributed by atoms with E-state index in [1.807, 2.05) is 6.07 Å². The molecule has 0 radical (unpaired) electrons. The zero-order chi connectivity index (χ0) is 13.0. The first kappa shape index (κ1) is 14.3. The van der Waals surface area contributed by atoms with E-state index in [1.54, 1.807) is 14.2 Å². The summed E-state index contributed by atoms with van der Waals surface area (Å²) in [4.78, 5) is 0. The predicted octanol–water partition coefficient (Wildman–Crippen LogP) is 3.23. The monoisotopic (exact) mass is 301 g/mol. The van der Waals surface area contributed by atoms with Crippen molar-refractivity contribution >= 4 is 15.9 Å². The van der Waals surface area contributed by atoms with Gasteiger partial charge in [-0.1, -0.05) is 6.92 Å². The van der Waals surface area contributed by atoms with Gasteiger partial charge in [-0.3, -0.25) is 0 Å². The van der Waals surface area contributed by atoms with E-state index in [4.69, 9.17) is 15.2 Å². The Bertz CT molecular complexity index is 393. The van der Waals surface area contributed by atoms with Gasteiger partial charge < -0.3 is 15.2 Å². The minimum Gasteiger partial charge on any atom is -0.493 e. The van der Waals surface area contributed by atoms with Crippen LogP contribution in [0.2, 0.25) is 0 Å². The summed E-state index contributed by atoms with van der Waals surface area (Å²) in [7, 11) is 3.29. The normalized spacial score (nSPS) is 12.4. The molecule has 1 aromatic rings. The lowest BCUT2D eigenvalue weighted by atomic mass is 9.93. The van der Waals surface area contributed by atoms with Crippen molar-refractivity contribution in [1.29, 1.82) is 0 Å². The zero-order valence-corrected chi connectivity index (χ0v) is 12.4. The minimum absolute atomic E-state index is 0.397. The number of nitrogens with two attached hydrogens (primary N) is 1. The molecular formula is C13H20BrNO2. The molecule has 1 unspecified atom stereocenters. The second kappa shape index (κ2) is 6.26. The Hall–Kier alpha value is -0.740. The Morgan fingerprint density at radius 1 is 1.35 bits per heavy atom. The summed E-state index contributed by atoms with van der Waals surface area (Å²) in [5.74, 6) is 1.90. The van der Waals surface area contributed by atoms with Crippen LogP contribution in [0.3, 0.4) is 0 Å². The number of hydrogen-bond donors (Lipinski definition) is 1. The summed E-state index contributed by atoms with van der Waals surface area (Å²) in [6, 6.07) is 2.01. The molecule has 0 aliphatic rings. The van der Waals surface area contributed by atoms with Crippen molar-refractivity contribution in [3.63, 3.8) is 0 Å². The fraction of sp³-hybridized carbons (Fsp3) is 0.538. The molecule has 1 aromatic carbocycles. The average molecular weight is 302 g/mol. The Morgan fingerprint density at radius 2 is 2.00 bits per heavy atom. The fourth-order valence-corrected chi connectivity index (χ4v) is 3.15. The van der Waals surface area contributed by atoms with E-state index < -0.39 is 0 Å². The highest BCUT2D eigenvalue weighted by Crippen LogP contribution is 2.42. The van der Waals surface area contributed by atoms with Crippen molar-refractivity contribution in [1.82, 2.24) is 0 Å². The summed E-state index contributed by atoms with van der Waals surface area (Å²) >= 11 is 3.61. The van der Waals surface area contributed by atoms with Crippen LogP contribution in [0.25, 0.3) is 0 Å². The number of halogens is 1. The molecule has 3 nitrogen and oxygen atoms in total. The van der Waals surface area contributed by atoms with E-state index >= 15 is 0 Å². The van der Waals surface area contributed by atoms with Crippen molar-refractivity contribution in [2.75, 3.05) is 20.8 Å². The third-order valence-corrected chi connectivity index (χ3v) is 3.74. The highest BCUT2D eigenvalue weighted by molar-refractivity contribution is 9.10. The third kappa shape index (κ3) is 2.93. The summed E-state index contributed by atoms with van der Waals surface area (Å²) in [5, 5.41) is 0. The Kier molecular flexibility index (Phi) is 5.28. The van der Waals surface area contributed by atoms with Gasteiger partial charge in [0.05, 0.1) is 18.7 Å². The van der Waals surface area contributed by atoms with Gasteiger partial charge >= 0.3 is 0 Å². The van der Waals surface area contributed by atoms with Crippen molar-refractivity contribution in [2.24, 2.45) is 5.73 Å². The van der Waals surface area contributed by atoms with Crippen molar-refractivity contribution < 1.29 is 9.47 Å². The molecule has 4 heteroatoms. The molecule has 0 aromatic heterocycles. The summed E-state index contributed by atoms with van der Waals surface area (Å²) in [5.41, 5.74) is 8.06. The van der Waals surface area contributed by atoms with Crippen molar-refractivity contribution in [3.05, 3.63) is 21.7 Å². The molecule has 0 aliphatic heterocycles. The van der Waals surface area contributed by atoms with Crippen LogP contribution in [0.4, 0.5) is 0 Å². The zero-order valence-electron chi connectivity index (χ0n) is 10.8. The number of methoxy groups -OCH3 is 2. The molecular weight excluding hydrogens is 282 g/mol. The van der Waals surface area contributed by atoms with Crippen LogP contribution in [0, 0.1) is 6.92 Å². The van der Waals surface area contributed by atoms with E-state index in [0.29, 0.717) is 12.5 Å². The maximum absolute atomic E-state index is 5.62. The molecule has 0 bridgehead atoms. The second-order valence-electron chi connectivity index (χ2n) is 4.14. The molecule has 1 atom stereocenters. The molecule has 0 amide bonds. The first-order valence-electron chi connectivity index (χ1n) is 5.67. The lowest BCUT2D eigenvalue weighted by molar-refractivity contribution is 0.352. The molecule has 0 heterocycles. The topological polar surface area (TPSA) is 44.5 Å². The lowest BCUT2D eigenvalue weighted by Crippen LogP contribution is -2.07. The van der Waals surface area contributed by atoms with Crippen LogP contribution in [0.5, 0.6) is 11.5 Å². The quantitative estimate of drug-likeness (QED) is 0.908. The second-order valence-corrected chi connectivity index (χ2v) is 4.93. The van der Waals surface area contributed by atoms with Crippen LogP contribution in [0.15, 0.2) is 10.5 Å². The van der Waals surface area contributed by atoms with E-state index in [0.717, 1.165) is 22.4 Å². The van der Waals surface area contributed by atoms with Gasteiger partial charge in [0, 0.05) is 0 Å². The van der Waals surface area contributed by atoms with Crippen LogP contribution < -0.4 is 15.2 Å². The van der Waals surface area contributed by atoms with Gasteiger partial charge in [-0.15, -0.1) is 0 Å². The van der Waals surface area contributed by atoms with E-state index in [2.05, 4.69) is 29.8 Å². The van der Waals surface area contributed by atoms with Gasteiger partial charge in [-0.05, 0) is 58.9 Å². The fourth-order valence-electron chi connectivity index (χ4n) is 2.08. The predicted molar refractivity (Wildman–Crippen MR) is 74.1 cm³/mol. The molecule has 1 rings (SSSR count). The molecule has 0 saturated carbocycles. The van der Waals surface area contributed by atoms with Crippen LogP contribution in [-0.4, -0.2) is 20.8 Å². The largest absolute Gasteiger partial charge is 0.493 e. The Labute approximate surface area is 111 Å². The maximum atomic E-state index is 5.62. The van der Waals surface area contributed by atoms with E-state index in [1.165, 1.54) is 11.1 Å². The van der Waals surface area contributed by atoms with Gasteiger partial charge in [0.25, 0.3) is 0 Å². The number of benzene rings is 1. The third-order valence-electron chi connectivity index (χ3n) is 2.95. The first-order valence-corrected chi connectivity index (χ1v) is 6.47. The van der Waals surface area contributed by atoms with Crippen LogP contribution in [-0.2, 0) is 0 Å². The smallest absolute Gasteiger partial charge is 0.175 e. The molecule has 96 valence electrons. The molecule has 2 N–H and O–H groups in total. The van der Waals surface area contributed by atoms with Gasteiger partial charge in [-0.25, -0.2) is 0 Å². The highest BCUT2D eigenvalue weighted by atomic mass is 79.9. The summed E-state index contributed by atoms with van der Waals surface area (Å²) < 4.78 is 11.7. The Morgan fingerprint density at radius 3 is 2.47 bits per heavy atom. The highest BCUT2D eigenvalue weighted by Gasteiger charge is 2.19. The number of hydrogen-bond acceptors (Lipinski definition) is 3. The molecule has 0 fully saturated rings. The Balaban J connectivity index is 3.31. The molecule has 17 heavy (non-hydrogen) atoms. The van der Waals surface area contributed by atoms with Gasteiger partial charge in [0.2, 0.25) is 0 Å². The van der Waals surface area contributed by atoms with Crippen molar-refractivity contribution in [3.8, 4) is 11.5 Å². The SMILES string of the molecule is COc1cc(C)c(C(C)CCN)c(Br)c1OC. The van der Waals surface area contributed by atoms with Crippen molar-refractivity contribution in [2.45, 2.75) is 26.2 Å². The van der Waals surface area contributed by atoms with E-state index in [-0.39, 0.29) is 0 Å². The average Bonchev–Trinajstić information content (AvgIpc) is 2.28. The van der Waals surface area contributed by atoms with Gasteiger partial charge in [0.1, 0.15) is 0 Å². The van der Waals surface area contributed by atoms with Gasteiger partial charge in [0.15, 0.2) is 11.5 Å². The number of rotatable bonds is 5. The lowest BCUT2D eigenvalue weighted by Gasteiger charge is -2.20. The standard InChI is InChI=1S/C13H20BrNO2/c1-8(5-6-15)11-9(2)7-10(16-3)13(17-4)12(11)14/h7-8H,5-6,15H2,1-4H3. The molecule has 0 spiro atoms. The summed E-state index contributed by atoms with van der Waals surface area (Å²) in [6.07, 6.45) is 0.953. The number of ether oxygens (including phenoxy) is 2. The molecule has 0 aliphatic carbocycles. The summed E-state index contributed by atoms with van der Waals surface area (Å²) in [6.45, 7) is 4.93. The van der Waals surface area contributed by atoms with Crippen LogP contribution >= 0.6 is 15.9 Å². The van der Waals surface area contributed by atoms with E-state index in [9.17, 15) is 0 Å².